The standard InChI is InChI=1S/C45H26S/c1-2-13-30-27(11-1)23-24-39-43(30)34-15-3-6-19-36(34)45(39)37-20-7-4-16-35(37)44-31(17-10-21-38(44)45)29-25-28-12-9-18-33-32-14-5-8-22-40(32)46-41(26-29)42(28)33/h1-26H. The second kappa shape index (κ2) is 8.88. The molecule has 212 valence electrons. The topological polar surface area (TPSA) is 0 Å². The van der Waals surface area contributed by atoms with Gasteiger partial charge in [0.1, 0.15) is 0 Å². The van der Waals surface area contributed by atoms with Crippen LogP contribution in [0, 0.1) is 0 Å². The van der Waals surface area contributed by atoms with Crippen molar-refractivity contribution in [1.82, 2.24) is 0 Å². The lowest BCUT2D eigenvalue weighted by molar-refractivity contribution is 0.794. The Morgan fingerprint density at radius 3 is 1.85 bits per heavy atom. The van der Waals surface area contributed by atoms with Crippen LogP contribution in [-0.4, -0.2) is 0 Å². The second-order valence-electron chi connectivity index (χ2n) is 12.8. The third kappa shape index (κ3) is 2.97. The van der Waals surface area contributed by atoms with Crippen molar-refractivity contribution in [2.24, 2.45) is 0 Å². The molecule has 8 aromatic rings. The van der Waals surface area contributed by atoms with Gasteiger partial charge in [-0.25, -0.2) is 0 Å². The van der Waals surface area contributed by atoms with Crippen LogP contribution in [0.25, 0.3) is 66.1 Å². The van der Waals surface area contributed by atoms with E-state index >= 15 is 0 Å². The normalized spacial score (nSPS) is 16.3. The van der Waals surface area contributed by atoms with Crippen molar-refractivity contribution >= 4 is 33.3 Å². The lowest BCUT2D eigenvalue weighted by Gasteiger charge is -2.30. The molecule has 0 radical (unpaired) electrons. The van der Waals surface area contributed by atoms with Gasteiger partial charge in [-0.05, 0) is 101 Å². The van der Waals surface area contributed by atoms with E-state index in [1.807, 2.05) is 11.8 Å². The zero-order chi connectivity index (χ0) is 30.0. The molecule has 0 nitrogen and oxygen atoms in total. The van der Waals surface area contributed by atoms with E-state index in [9.17, 15) is 0 Å². The highest BCUT2D eigenvalue weighted by Crippen LogP contribution is 2.65. The predicted octanol–water partition coefficient (Wildman–Crippen LogP) is 12.1. The molecule has 2 aliphatic carbocycles. The summed E-state index contributed by atoms with van der Waals surface area (Å²) in [7, 11) is 0. The maximum atomic E-state index is 2.44. The van der Waals surface area contributed by atoms with Crippen molar-refractivity contribution in [3.05, 3.63) is 180 Å². The molecule has 0 N–H and O–H groups in total. The highest BCUT2D eigenvalue weighted by Gasteiger charge is 2.52. The van der Waals surface area contributed by atoms with E-state index in [-0.39, 0.29) is 5.41 Å². The first-order valence-corrected chi connectivity index (χ1v) is 16.8. The second-order valence-corrected chi connectivity index (χ2v) is 13.8. The Balaban J connectivity index is 1.23. The first kappa shape index (κ1) is 24.9. The third-order valence-electron chi connectivity index (χ3n) is 10.7. The van der Waals surface area contributed by atoms with E-state index in [1.165, 1.54) is 98.1 Å². The van der Waals surface area contributed by atoms with Gasteiger partial charge < -0.3 is 0 Å². The van der Waals surface area contributed by atoms with E-state index < -0.39 is 0 Å². The number of rotatable bonds is 1. The van der Waals surface area contributed by atoms with E-state index in [0.29, 0.717) is 0 Å². The van der Waals surface area contributed by atoms with Gasteiger partial charge in [-0.3, -0.25) is 0 Å². The van der Waals surface area contributed by atoms with E-state index in [0.717, 1.165) is 0 Å². The van der Waals surface area contributed by atoms with Crippen LogP contribution in [0.1, 0.15) is 22.3 Å². The van der Waals surface area contributed by atoms with Crippen LogP contribution in [0.4, 0.5) is 0 Å². The molecule has 0 fully saturated rings. The van der Waals surface area contributed by atoms with Crippen molar-refractivity contribution in [1.29, 1.82) is 0 Å². The first-order valence-electron chi connectivity index (χ1n) is 16.0. The van der Waals surface area contributed by atoms with E-state index in [1.54, 1.807) is 0 Å². The minimum absolute atomic E-state index is 0.371. The number of fused-ring (bicyclic) bond motifs is 14. The van der Waals surface area contributed by atoms with Gasteiger partial charge in [0, 0.05) is 15.2 Å². The summed E-state index contributed by atoms with van der Waals surface area (Å²) in [6.07, 6.45) is 0. The minimum Gasteiger partial charge on any atom is -0.0888 e. The lowest BCUT2D eigenvalue weighted by Crippen LogP contribution is -2.25. The largest absolute Gasteiger partial charge is 0.0888 e. The molecule has 11 rings (SSSR count). The van der Waals surface area contributed by atoms with Crippen molar-refractivity contribution in [3.8, 4) is 44.5 Å². The summed E-state index contributed by atoms with van der Waals surface area (Å²) in [5.74, 6) is 0. The molecule has 0 bridgehead atoms. The lowest BCUT2D eigenvalue weighted by atomic mass is 9.70. The van der Waals surface area contributed by atoms with Crippen molar-refractivity contribution in [3.63, 3.8) is 0 Å². The molecule has 1 atom stereocenters. The average molecular weight is 599 g/mol. The van der Waals surface area contributed by atoms with Crippen LogP contribution in [0.15, 0.2) is 168 Å². The molecule has 3 aliphatic rings. The summed E-state index contributed by atoms with van der Waals surface area (Å²) in [6, 6.07) is 59.4. The van der Waals surface area contributed by atoms with Crippen LogP contribution in [0.2, 0.25) is 0 Å². The highest BCUT2D eigenvalue weighted by molar-refractivity contribution is 7.99. The monoisotopic (exact) mass is 598 g/mol. The fourth-order valence-electron chi connectivity index (χ4n) is 8.94. The Kier molecular flexibility index (Phi) is 4.80. The van der Waals surface area contributed by atoms with Crippen LogP contribution < -0.4 is 0 Å². The Morgan fingerprint density at radius 2 is 0.978 bits per heavy atom. The van der Waals surface area contributed by atoms with Gasteiger partial charge in [-0.1, -0.05) is 151 Å². The highest BCUT2D eigenvalue weighted by atomic mass is 32.2. The molecule has 0 amide bonds. The molecule has 1 spiro atoms. The predicted molar refractivity (Wildman–Crippen MR) is 193 cm³/mol. The Labute approximate surface area is 272 Å². The van der Waals surface area contributed by atoms with Gasteiger partial charge in [-0.15, -0.1) is 0 Å². The quantitative estimate of drug-likeness (QED) is 0.181. The fourth-order valence-corrected chi connectivity index (χ4v) is 10.1. The van der Waals surface area contributed by atoms with E-state index in [2.05, 4.69) is 158 Å². The molecular formula is C45H26S. The molecule has 1 heteroatoms. The summed E-state index contributed by atoms with van der Waals surface area (Å²) >= 11 is 1.90. The maximum Gasteiger partial charge on any atom is 0.0725 e. The molecule has 1 aliphatic heterocycles. The summed E-state index contributed by atoms with van der Waals surface area (Å²) in [5.41, 5.74) is 15.8. The maximum absolute atomic E-state index is 2.44. The summed E-state index contributed by atoms with van der Waals surface area (Å²) in [5, 5.41) is 5.28. The van der Waals surface area contributed by atoms with Gasteiger partial charge >= 0.3 is 0 Å². The van der Waals surface area contributed by atoms with Gasteiger partial charge in [0.2, 0.25) is 0 Å². The molecule has 0 aromatic heterocycles. The zero-order valence-electron chi connectivity index (χ0n) is 24.9. The number of hydrogen-bond acceptors (Lipinski definition) is 1. The molecule has 8 aromatic carbocycles. The molecule has 0 saturated heterocycles. The SMILES string of the molecule is c1ccc2c(c1)Sc1cc(-c3cccc4c3-c3ccccc3C43c4ccccc4-c4c3ccc3ccccc43)cc3cccc-2c13. The van der Waals surface area contributed by atoms with Crippen molar-refractivity contribution in [2.75, 3.05) is 0 Å². The summed E-state index contributed by atoms with van der Waals surface area (Å²) in [4.78, 5) is 2.66. The van der Waals surface area contributed by atoms with Crippen molar-refractivity contribution < 1.29 is 0 Å². The molecule has 46 heavy (non-hydrogen) atoms. The molecule has 1 unspecified atom stereocenters. The molecule has 1 heterocycles. The van der Waals surface area contributed by atoms with Crippen LogP contribution in [0.3, 0.4) is 0 Å². The molecule has 0 saturated carbocycles. The number of benzene rings is 8. The average Bonchev–Trinajstić information content (AvgIpc) is 3.59. The Bertz CT molecular complexity index is 2630. The summed E-state index contributed by atoms with van der Waals surface area (Å²) < 4.78 is 0. The van der Waals surface area contributed by atoms with E-state index in [4.69, 9.17) is 0 Å². The first-order chi connectivity index (χ1) is 22.8. The van der Waals surface area contributed by atoms with Crippen molar-refractivity contribution in [2.45, 2.75) is 15.2 Å². The van der Waals surface area contributed by atoms with Gasteiger partial charge in [0.25, 0.3) is 0 Å². The zero-order valence-corrected chi connectivity index (χ0v) is 25.7. The fraction of sp³-hybridized carbons (Fsp3) is 0.0222. The molecular weight excluding hydrogens is 573 g/mol. The minimum atomic E-state index is -0.371. The van der Waals surface area contributed by atoms with Crippen LogP contribution >= 0.6 is 11.8 Å². The van der Waals surface area contributed by atoms with Gasteiger partial charge in [0.05, 0.1) is 5.41 Å². The van der Waals surface area contributed by atoms with Crippen LogP contribution in [-0.2, 0) is 5.41 Å². The Hall–Kier alpha value is -5.37. The third-order valence-corrected chi connectivity index (χ3v) is 11.8. The van der Waals surface area contributed by atoms with Gasteiger partial charge in [-0.2, -0.15) is 0 Å². The Morgan fingerprint density at radius 1 is 0.370 bits per heavy atom. The summed E-state index contributed by atoms with van der Waals surface area (Å²) in [6.45, 7) is 0. The van der Waals surface area contributed by atoms with Crippen LogP contribution in [0.5, 0.6) is 0 Å². The smallest absolute Gasteiger partial charge is 0.0725 e. The number of hydrogen-bond donors (Lipinski definition) is 0. The van der Waals surface area contributed by atoms with Gasteiger partial charge in [0.15, 0.2) is 0 Å².